The maximum Gasteiger partial charge on any atom is 0.252 e. The molecule has 1 aromatic heterocycles. The number of primary amides is 1. The fourth-order valence-corrected chi connectivity index (χ4v) is 4.85. The van der Waals surface area contributed by atoms with E-state index in [9.17, 15) is 13.2 Å². The number of ether oxygens (including phenoxy) is 1. The van der Waals surface area contributed by atoms with Gasteiger partial charge in [0.05, 0.1) is 29.3 Å². The van der Waals surface area contributed by atoms with E-state index in [4.69, 9.17) is 10.5 Å². The number of hydrogen-bond acceptors (Lipinski definition) is 6. The highest BCUT2D eigenvalue weighted by atomic mass is 32.2. The molecule has 0 spiro atoms. The molecule has 144 valence electrons. The van der Waals surface area contributed by atoms with Crippen LogP contribution in [0.15, 0.2) is 30.6 Å². The highest BCUT2D eigenvalue weighted by molar-refractivity contribution is 7.92. The Hall–Kier alpha value is -2.39. The second-order valence-electron chi connectivity index (χ2n) is 7.08. The van der Waals surface area contributed by atoms with Crippen LogP contribution < -0.4 is 15.8 Å². The van der Waals surface area contributed by atoms with Crippen molar-refractivity contribution in [2.75, 3.05) is 24.6 Å². The van der Waals surface area contributed by atoms with Crippen molar-refractivity contribution < 1.29 is 17.9 Å². The monoisotopic (exact) mass is 390 g/mol. The van der Waals surface area contributed by atoms with Crippen molar-refractivity contribution in [1.82, 2.24) is 15.1 Å². The largest absolute Gasteiger partial charge is 0.489 e. The Labute approximate surface area is 157 Å². The van der Waals surface area contributed by atoms with E-state index in [1.807, 2.05) is 6.07 Å². The molecule has 2 fully saturated rings. The van der Waals surface area contributed by atoms with Gasteiger partial charge in [0, 0.05) is 11.8 Å². The van der Waals surface area contributed by atoms with Gasteiger partial charge in [-0.1, -0.05) is 6.07 Å². The van der Waals surface area contributed by atoms with Gasteiger partial charge < -0.3 is 15.8 Å². The molecule has 3 N–H and O–H groups in total. The van der Waals surface area contributed by atoms with Crippen LogP contribution in [0.25, 0.3) is 11.1 Å². The summed E-state index contributed by atoms with van der Waals surface area (Å²) in [5, 5.41) is 7.54. The number of carbonyl (C=O) groups is 1. The van der Waals surface area contributed by atoms with Crippen LogP contribution in [0, 0.1) is 0 Å². The Morgan fingerprint density at radius 1 is 1.22 bits per heavy atom. The fraction of sp³-hybridized carbons (Fsp3) is 0.444. The van der Waals surface area contributed by atoms with Crippen LogP contribution in [0.2, 0.25) is 0 Å². The maximum absolute atomic E-state index is 11.9. The number of rotatable bonds is 5. The minimum absolute atomic E-state index is 0.0681. The van der Waals surface area contributed by atoms with Gasteiger partial charge in [-0.05, 0) is 43.6 Å². The van der Waals surface area contributed by atoms with Crippen molar-refractivity contribution in [3.63, 3.8) is 0 Å². The molecule has 2 aliphatic rings. The van der Waals surface area contributed by atoms with E-state index in [-0.39, 0.29) is 23.7 Å². The van der Waals surface area contributed by atoms with Gasteiger partial charge >= 0.3 is 0 Å². The predicted octanol–water partition coefficient (Wildman–Crippen LogP) is 0.749. The topological polar surface area (TPSA) is 116 Å². The second-order valence-corrected chi connectivity index (χ2v) is 9.24. The molecule has 4 rings (SSSR count). The van der Waals surface area contributed by atoms with Gasteiger partial charge in [-0.15, -0.1) is 0 Å². The molecule has 0 atom stereocenters. The number of aromatic nitrogens is 2. The molecular weight excluding hydrogens is 368 g/mol. The molecule has 2 saturated heterocycles. The van der Waals surface area contributed by atoms with E-state index < -0.39 is 15.7 Å². The Morgan fingerprint density at radius 2 is 1.96 bits per heavy atom. The van der Waals surface area contributed by atoms with Gasteiger partial charge in [-0.25, -0.2) is 8.42 Å². The summed E-state index contributed by atoms with van der Waals surface area (Å²) < 4.78 is 30.4. The Balaban J connectivity index is 1.56. The quantitative estimate of drug-likeness (QED) is 0.778. The van der Waals surface area contributed by atoms with Crippen LogP contribution >= 0.6 is 0 Å². The maximum atomic E-state index is 11.9. The molecular formula is C18H22N4O4S. The lowest BCUT2D eigenvalue weighted by atomic mass is 10.0. The summed E-state index contributed by atoms with van der Waals surface area (Å²) in [6, 6.07) is 5.21. The Kier molecular flexibility index (Phi) is 4.65. The van der Waals surface area contributed by atoms with Crippen LogP contribution in [-0.4, -0.2) is 54.8 Å². The third-order valence-corrected chi connectivity index (χ3v) is 6.81. The van der Waals surface area contributed by atoms with Crippen LogP contribution in [0.4, 0.5) is 0 Å². The smallest absolute Gasteiger partial charge is 0.252 e. The number of sulfone groups is 1. The van der Waals surface area contributed by atoms with Gasteiger partial charge in [0.1, 0.15) is 11.9 Å². The van der Waals surface area contributed by atoms with E-state index in [1.54, 1.807) is 29.2 Å². The molecule has 8 nitrogen and oxygen atoms in total. The number of benzene rings is 1. The molecule has 1 amide bonds. The first-order valence-electron chi connectivity index (χ1n) is 8.97. The molecule has 3 heterocycles. The van der Waals surface area contributed by atoms with E-state index in [0.29, 0.717) is 11.3 Å². The molecule has 0 saturated carbocycles. The molecule has 0 unspecified atom stereocenters. The summed E-state index contributed by atoms with van der Waals surface area (Å²) in [5.74, 6) is 0.182. The van der Waals surface area contributed by atoms with Gasteiger partial charge in [0.25, 0.3) is 5.91 Å². The fourth-order valence-electron chi connectivity index (χ4n) is 3.47. The van der Waals surface area contributed by atoms with Crippen molar-refractivity contribution in [2.45, 2.75) is 25.0 Å². The summed E-state index contributed by atoms with van der Waals surface area (Å²) in [6.45, 7) is 1.79. The highest BCUT2D eigenvalue weighted by Gasteiger charge is 2.35. The third-order valence-electron chi connectivity index (χ3n) is 5.03. The number of nitrogens with zero attached hydrogens (tertiary/aromatic N) is 2. The van der Waals surface area contributed by atoms with E-state index in [2.05, 4.69) is 10.4 Å². The van der Waals surface area contributed by atoms with Crippen molar-refractivity contribution in [3.8, 4) is 16.9 Å². The number of nitrogens with one attached hydrogen (secondary N) is 1. The summed E-state index contributed by atoms with van der Waals surface area (Å²) in [4.78, 5) is 11.9. The van der Waals surface area contributed by atoms with E-state index in [0.717, 1.165) is 37.1 Å². The van der Waals surface area contributed by atoms with Crippen LogP contribution in [0.5, 0.6) is 5.75 Å². The molecule has 0 bridgehead atoms. The van der Waals surface area contributed by atoms with Gasteiger partial charge in [0.2, 0.25) is 0 Å². The molecule has 0 radical (unpaired) electrons. The second kappa shape index (κ2) is 6.97. The van der Waals surface area contributed by atoms with Crippen LogP contribution in [0.1, 0.15) is 29.2 Å². The zero-order valence-electron chi connectivity index (χ0n) is 14.8. The molecule has 2 aliphatic heterocycles. The summed E-state index contributed by atoms with van der Waals surface area (Å²) in [5.41, 5.74) is 7.49. The predicted molar refractivity (Wildman–Crippen MR) is 100 cm³/mol. The van der Waals surface area contributed by atoms with Gasteiger partial charge in [0.15, 0.2) is 9.84 Å². The summed E-state index contributed by atoms with van der Waals surface area (Å²) in [7, 11) is -2.91. The molecule has 1 aromatic carbocycles. The van der Waals surface area contributed by atoms with Crippen LogP contribution in [-0.2, 0) is 9.84 Å². The van der Waals surface area contributed by atoms with Crippen LogP contribution in [0.3, 0.4) is 0 Å². The minimum Gasteiger partial charge on any atom is -0.489 e. The molecule has 0 aliphatic carbocycles. The third kappa shape index (κ3) is 3.84. The van der Waals surface area contributed by atoms with Crippen molar-refractivity contribution in [2.24, 2.45) is 5.73 Å². The number of hydrogen-bond donors (Lipinski definition) is 2. The van der Waals surface area contributed by atoms with E-state index in [1.165, 1.54) is 0 Å². The lowest BCUT2D eigenvalue weighted by molar-refractivity contribution is 0.0989. The van der Waals surface area contributed by atoms with Crippen molar-refractivity contribution in [1.29, 1.82) is 0 Å². The molecule has 27 heavy (non-hydrogen) atoms. The number of amides is 1. The molecule has 9 heteroatoms. The number of carbonyl (C=O) groups excluding carboxylic acids is 1. The number of nitrogens with two attached hydrogens (primary N) is 1. The SMILES string of the molecule is NC(=O)c1cc(-c2cnn(C3CS(=O)(=O)C3)c2)ccc1OC1CCNCC1. The lowest BCUT2D eigenvalue weighted by Crippen LogP contribution is -2.38. The van der Waals surface area contributed by atoms with Gasteiger partial charge in [-0.2, -0.15) is 5.10 Å². The average Bonchev–Trinajstić information content (AvgIpc) is 3.10. The van der Waals surface area contributed by atoms with Crippen molar-refractivity contribution in [3.05, 3.63) is 36.2 Å². The van der Waals surface area contributed by atoms with Gasteiger partial charge in [-0.3, -0.25) is 9.48 Å². The first-order valence-corrected chi connectivity index (χ1v) is 10.8. The van der Waals surface area contributed by atoms with E-state index >= 15 is 0 Å². The standard InChI is InChI=1S/C18H22N4O4S/c19-18(23)16-7-12(1-2-17(16)26-15-3-5-20-6-4-15)13-8-21-22(9-13)14-10-27(24,25)11-14/h1-2,7-9,14-15,20H,3-6,10-11H2,(H2,19,23). The normalized spacial score (nSPS) is 20.1. The Bertz CT molecular complexity index is 951. The first-order chi connectivity index (χ1) is 12.9. The first kappa shape index (κ1) is 18.0. The highest BCUT2D eigenvalue weighted by Crippen LogP contribution is 2.30. The van der Waals surface area contributed by atoms with Crippen molar-refractivity contribution >= 4 is 15.7 Å². The zero-order valence-corrected chi connectivity index (χ0v) is 15.6. The summed E-state index contributed by atoms with van der Waals surface area (Å²) >= 11 is 0. The zero-order chi connectivity index (χ0) is 19.0. The minimum atomic E-state index is -2.91. The number of piperidine rings is 1. The lowest BCUT2D eigenvalue weighted by Gasteiger charge is -2.25. The average molecular weight is 390 g/mol. The Morgan fingerprint density at radius 3 is 2.63 bits per heavy atom. The summed E-state index contributed by atoms with van der Waals surface area (Å²) in [6.07, 6.45) is 5.30. The molecule has 2 aromatic rings.